The number of amides is 2. The van der Waals surface area contributed by atoms with Gasteiger partial charge in [-0.05, 0) is 25.0 Å². The number of benzene rings is 1. The third kappa shape index (κ3) is 5.73. The molecule has 0 aliphatic heterocycles. The quantitative estimate of drug-likeness (QED) is 0.647. The van der Waals surface area contributed by atoms with Gasteiger partial charge in [0.1, 0.15) is 6.04 Å². The molecule has 6 heteroatoms. The zero-order valence-electron chi connectivity index (χ0n) is 16.5. The van der Waals surface area contributed by atoms with Gasteiger partial charge in [-0.3, -0.25) is 9.59 Å². The Morgan fingerprint density at radius 2 is 1.69 bits per heavy atom. The summed E-state index contributed by atoms with van der Waals surface area (Å²) in [6.07, 6.45) is 5.42. The number of anilines is 1. The maximum Gasteiger partial charge on any atom is 0.309 e. The fraction of sp³-hybridized carbons (Fsp3) is 0.600. The minimum atomic E-state index is -0.535. The molecular weight excluding hydrogens is 328 g/mol. The van der Waals surface area contributed by atoms with Crippen molar-refractivity contribution in [2.45, 2.75) is 44.2 Å². The van der Waals surface area contributed by atoms with E-state index in [1.54, 1.807) is 0 Å². The monoisotopic (exact) mass is 361 g/mol. The van der Waals surface area contributed by atoms with Crippen LogP contribution in [0.5, 0.6) is 0 Å². The lowest BCUT2D eigenvalue weighted by Gasteiger charge is -2.24. The Morgan fingerprint density at radius 1 is 1.08 bits per heavy atom. The van der Waals surface area contributed by atoms with Gasteiger partial charge in [-0.1, -0.05) is 31.4 Å². The number of rotatable bonds is 6. The van der Waals surface area contributed by atoms with E-state index in [0.29, 0.717) is 6.54 Å². The number of nitrogens with one attached hydrogen (secondary N) is 3. The second-order valence-corrected chi connectivity index (χ2v) is 7.63. The molecule has 2 amide bonds. The Morgan fingerprint density at radius 3 is 2.23 bits per heavy atom. The number of carbonyl (C=O) groups excluding carboxylic acids is 2. The van der Waals surface area contributed by atoms with Crippen LogP contribution in [0.25, 0.3) is 0 Å². The molecule has 0 aromatic heterocycles. The Kier molecular flexibility index (Phi) is 7.45. The minimum absolute atomic E-state index is 0.0950. The number of hydrogen-bond acceptors (Lipinski definition) is 3. The van der Waals surface area contributed by atoms with Crippen LogP contribution in [0.2, 0.25) is 0 Å². The summed E-state index contributed by atoms with van der Waals surface area (Å²) in [5.41, 5.74) is 2.28. The van der Waals surface area contributed by atoms with Gasteiger partial charge in [0.05, 0.1) is 20.6 Å². The van der Waals surface area contributed by atoms with Crippen molar-refractivity contribution in [3.05, 3.63) is 29.8 Å². The number of likely N-dealkylation sites (N-methyl/N-ethyl adjacent to an activating group) is 1. The van der Waals surface area contributed by atoms with E-state index in [-0.39, 0.29) is 12.1 Å². The first-order valence-electron chi connectivity index (χ1n) is 9.54. The predicted molar refractivity (Wildman–Crippen MR) is 104 cm³/mol. The molecule has 1 aliphatic rings. The van der Waals surface area contributed by atoms with Crippen molar-refractivity contribution >= 4 is 17.5 Å². The zero-order valence-corrected chi connectivity index (χ0v) is 16.5. The Balaban J connectivity index is 1.90. The summed E-state index contributed by atoms with van der Waals surface area (Å²) in [5, 5.41) is 5.68. The van der Waals surface area contributed by atoms with Crippen molar-refractivity contribution in [1.82, 2.24) is 10.6 Å². The highest BCUT2D eigenvalue weighted by atomic mass is 16.2. The maximum absolute atomic E-state index is 12.2. The highest BCUT2D eigenvalue weighted by Crippen LogP contribution is 2.17. The van der Waals surface area contributed by atoms with Crippen LogP contribution in [0.15, 0.2) is 24.3 Å². The Bertz CT molecular complexity index is 592. The molecule has 6 nitrogen and oxygen atoms in total. The molecule has 1 aromatic carbocycles. The lowest BCUT2D eigenvalue weighted by atomic mass is 9.95. The van der Waals surface area contributed by atoms with E-state index in [2.05, 4.69) is 53.9 Å². The van der Waals surface area contributed by atoms with E-state index in [0.717, 1.165) is 36.9 Å². The first-order chi connectivity index (χ1) is 12.4. The second kappa shape index (κ2) is 9.57. The molecule has 3 N–H and O–H groups in total. The van der Waals surface area contributed by atoms with Crippen molar-refractivity contribution in [2.24, 2.45) is 0 Å². The van der Waals surface area contributed by atoms with E-state index in [4.69, 9.17) is 0 Å². The van der Waals surface area contributed by atoms with Crippen molar-refractivity contribution in [3.8, 4) is 0 Å². The summed E-state index contributed by atoms with van der Waals surface area (Å²) >= 11 is 0. The van der Waals surface area contributed by atoms with Crippen molar-refractivity contribution in [2.75, 3.05) is 39.6 Å². The molecule has 0 bridgehead atoms. The molecule has 0 saturated heterocycles. The van der Waals surface area contributed by atoms with Crippen LogP contribution in [-0.4, -0.2) is 52.6 Å². The average molecular weight is 362 g/mol. The second-order valence-electron chi connectivity index (χ2n) is 7.63. The van der Waals surface area contributed by atoms with Gasteiger partial charge < -0.3 is 20.4 Å². The largest absolute Gasteiger partial charge is 0.378 e. The summed E-state index contributed by atoms with van der Waals surface area (Å²) < 4.78 is 0. The van der Waals surface area contributed by atoms with Gasteiger partial charge in [-0.2, -0.15) is 0 Å². The molecule has 1 aromatic rings. The molecule has 26 heavy (non-hydrogen) atoms. The molecule has 2 rings (SSSR count). The smallest absolute Gasteiger partial charge is 0.309 e. The van der Waals surface area contributed by atoms with Crippen molar-refractivity contribution in [1.29, 1.82) is 0 Å². The zero-order chi connectivity index (χ0) is 19.1. The van der Waals surface area contributed by atoms with Crippen molar-refractivity contribution in [3.63, 3.8) is 0 Å². The van der Waals surface area contributed by atoms with Crippen LogP contribution in [0.1, 0.15) is 43.7 Å². The lowest BCUT2D eigenvalue weighted by molar-refractivity contribution is -0.890. The SMILES string of the molecule is CN(C)c1ccc([C@@H](CNC(=O)C(=O)NC2CCCCC2)[NH+](C)C)cc1. The third-order valence-electron chi connectivity index (χ3n) is 5.12. The summed E-state index contributed by atoms with van der Waals surface area (Å²) in [6.45, 7) is 0.431. The summed E-state index contributed by atoms with van der Waals surface area (Å²) in [4.78, 5) is 27.6. The van der Waals surface area contributed by atoms with Gasteiger partial charge in [0.15, 0.2) is 0 Å². The highest BCUT2D eigenvalue weighted by molar-refractivity contribution is 6.35. The number of nitrogens with zero attached hydrogens (tertiary/aromatic N) is 1. The predicted octanol–water partition coefficient (Wildman–Crippen LogP) is 0.503. The number of quaternary nitrogens is 1. The molecule has 0 radical (unpaired) electrons. The Labute approximate surface area is 156 Å². The molecule has 0 heterocycles. The van der Waals surface area contributed by atoms with Gasteiger partial charge in [0.25, 0.3) is 0 Å². The summed E-state index contributed by atoms with van der Waals surface area (Å²) in [5.74, 6) is -1.04. The van der Waals surface area contributed by atoms with Crippen LogP contribution in [0, 0.1) is 0 Å². The van der Waals surface area contributed by atoms with E-state index in [1.165, 1.54) is 11.3 Å². The van der Waals surface area contributed by atoms with E-state index < -0.39 is 11.8 Å². The van der Waals surface area contributed by atoms with Crippen molar-refractivity contribution < 1.29 is 14.5 Å². The number of hydrogen-bond donors (Lipinski definition) is 3. The fourth-order valence-electron chi connectivity index (χ4n) is 3.43. The molecular formula is C20H33N4O2+. The van der Waals surface area contributed by atoms with E-state index in [1.807, 2.05) is 14.1 Å². The topological polar surface area (TPSA) is 65.9 Å². The van der Waals surface area contributed by atoms with Gasteiger partial charge in [-0.25, -0.2) is 0 Å². The minimum Gasteiger partial charge on any atom is -0.378 e. The molecule has 0 spiro atoms. The van der Waals surface area contributed by atoms with Gasteiger partial charge >= 0.3 is 11.8 Å². The standard InChI is InChI=1S/C20H32N4O2/c1-23(2)17-12-10-15(11-13-17)18(24(3)4)14-21-19(25)20(26)22-16-8-6-5-7-9-16/h10-13,16,18H,5-9,14H2,1-4H3,(H,21,25)(H,22,26)/p+1/t18-/m1/s1. The van der Waals surface area contributed by atoms with E-state index in [9.17, 15) is 9.59 Å². The molecule has 1 atom stereocenters. The molecule has 0 unspecified atom stereocenters. The van der Waals surface area contributed by atoms with Gasteiger partial charge in [-0.15, -0.1) is 0 Å². The van der Waals surface area contributed by atoms with Gasteiger partial charge in [0, 0.05) is 31.4 Å². The average Bonchev–Trinajstić information content (AvgIpc) is 2.62. The number of carbonyl (C=O) groups is 2. The molecule has 1 saturated carbocycles. The molecule has 1 aliphatic carbocycles. The van der Waals surface area contributed by atoms with Crippen LogP contribution >= 0.6 is 0 Å². The van der Waals surface area contributed by atoms with E-state index >= 15 is 0 Å². The summed E-state index contributed by atoms with van der Waals surface area (Å²) in [7, 11) is 8.13. The first kappa shape index (κ1) is 20.2. The molecule has 144 valence electrons. The normalized spacial score (nSPS) is 16.2. The maximum atomic E-state index is 12.2. The van der Waals surface area contributed by atoms with Crippen LogP contribution in [0.3, 0.4) is 0 Å². The highest BCUT2D eigenvalue weighted by Gasteiger charge is 2.23. The van der Waals surface area contributed by atoms with Crippen LogP contribution < -0.4 is 20.4 Å². The van der Waals surface area contributed by atoms with Crippen LogP contribution in [0.4, 0.5) is 5.69 Å². The fourth-order valence-corrected chi connectivity index (χ4v) is 3.43. The lowest BCUT2D eigenvalue weighted by Crippen LogP contribution is -3.07. The van der Waals surface area contributed by atoms with Gasteiger partial charge in [0.2, 0.25) is 0 Å². The summed E-state index contributed by atoms with van der Waals surface area (Å²) in [6, 6.07) is 8.56. The van der Waals surface area contributed by atoms with Crippen LogP contribution in [-0.2, 0) is 9.59 Å². The Hall–Kier alpha value is -2.08. The third-order valence-corrected chi connectivity index (χ3v) is 5.12. The molecule has 1 fully saturated rings. The first-order valence-corrected chi connectivity index (χ1v) is 9.54.